The van der Waals surface area contributed by atoms with Crippen LogP contribution in [-0.2, 0) is 10.0 Å². The summed E-state index contributed by atoms with van der Waals surface area (Å²) in [5.41, 5.74) is 5.86. The molecule has 0 aromatic rings. The fourth-order valence-electron chi connectivity index (χ4n) is 2.33. The van der Waals surface area contributed by atoms with Crippen LogP contribution >= 0.6 is 0 Å². The monoisotopic (exact) mass is 326 g/mol. The Labute approximate surface area is 125 Å². The molecular formula is C12H24F2N4O2S. The van der Waals surface area contributed by atoms with Gasteiger partial charge in [-0.25, -0.2) is 8.42 Å². The Kier molecular flexibility index (Phi) is 6.79. The molecule has 1 heterocycles. The number of nitrogens with two attached hydrogens (primary N) is 1. The molecule has 0 aromatic heterocycles. The van der Waals surface area contributed by atoms with Crippen molar-refractivity contribution in [2.24, 2.45) is 16.6 Å². The summed E-state index contributed by atoms with van der Waals surface area (Å²) in [5, 5.41) is 0. The van der Waals surface area contributed by atoms with Gasteiger partial charge < -0.3 is 10.6 Å². The summed E-state index contributed by atoms with van der Waals surface area (Å²) in [5.74, 6) is -2.68. The highest BCUT2D eigenvalue weighted by atomic mass is 32.2. The van der Waals surface area contributed by atoms with Gasteiger partial charge in [-0.05, 0) is 32.6 Å². The maximum atomic E-state index is 12.4. The van der Waals surface area contributed by atoms with Crippen LogP contribution < -0.4 is 5.73 Å². The van der Waals surface area contributed by atoms with Crippen molar-refractivity contribution in [2.75, 3.05) is 32.7 Å². The first kappa shape index (κ1) is 18.1. The minimum atomic E-state index is -4.44. The predicted octanol–water partition coefficient (Wildman–Crippen LogP) is 0.907. The van der Waals surface area contributed by atoms with Crippen LogP contribution in [-0.4, -0.2) is 62.1 Å². The van der Waals surface area contributed by atoms with Crippen molar-refractivity contribution in [2.45, 2.75) is 32.4 Å². The Balaban J connectivity index is 2.49. The molecule has 0 radical (unpaired) electrons. The molecule has 0 saturated carbocycles. The Morgan fingerprint density at radius 1 is 1.33 bits per heavy atom. The molecule has 2 N–H and O–H groups in total. The summed E-state index contributed by atoms with van der Waals surface area (Å²) in [6.45, 7) is 6.27. The van der Waals surface area contributed by atoms with Crippen LogP contribution in [0.2, 0.25) is 0 Å². The minimum absolute atomic E-state index is 0.123. The third kappa shape index (κ3) is 4.77. The Hall–Kier alpha value is -0.960. The van der Waals surface area contributed by atoms with E-state index < -0.39 is 15.8 Å². The lowest BCUT2D eigenvalue weighted by Gasteiger charge is -2.30. The topological polar surface area (TPSA) is 79.0 Å². The Morgan fingerprint density at radius 3 is 2.29 bits per heavy atom. The lowest BCUT2D eigenvalue weighted by Crippen LogP contribution is -2.42. The lowest BCUT2D eigenvalue weighted by atomic mass is 9.98. The van der Waals surface area contributed by atoms with Crippen LogP contribution in [0.4, 0.5) is 8.78 Å². The number of halogens is 2. The molecule has 9 heteroatoms. The molecule has 1 aliphatic rings. The van der Waals surface area contributed by atoms with Gasteiger partial charge in [-0.2, -0.15) is 13.1 Å². The van der Waals surface area contributed by atoms with Crippen molar-refractivity contribution in [1.82, 2.24) is 9.21 Å². The molecule has 0 aliphatic carbocycles. The first-order valence-corrected chi connectivity index (χ1v) is 8.65. The Morgan fingerprint density at radius 2 is 1.86 bits per heavy atom. The maximum Gasteiger partial charge on any atom is 0.350 e. The van der Waals surface area contributed by atoms with Gasteiger partial charge in [-0.15, -0.1) is 0 Å². The SMILES string of the molecule is CCN(CC)C(N)=NCC1CCN(S(=O)(=O)C(F)F)CC1. The highest BCUT2D eigenvalue weighted by Crippen LogP contribution is 2.22. The van der Waals surface area contributed by atoms with E-state index in [9.17, 15) is 17.2 Å². The largest absolute Gasteiger partial charge is 0.370 e. The molecule has 1 saturated heterocycles. The molecule has 0 atom stereocenters. The molecule has 0 spiro atoms. The van der Waals surface area contributed by atoms with E-state index >= 15 is 0 Å². The number of alkyl halides is 2. The maximum absolute atomic E-state index is 12.4. The molecule has 6 nitrogen and oxygen atoms in total. The van der Waals surface area contributed by atoms with Crippen molar-refractivity contribution in [3.05, 3.63) is 0 Å². The second kappa shape index (κ2) is 7.88. The van der Waals surface area contributed by atoms with Gasteiger partial charge in [0.05, 0.1) is 0 Å². The van der Waals surface area contributed by atoms with E-state index in [1.54, 1.807) is 0 Å². The van der Waals surface area contributed by atoms with Crippen molar-refractivity contribution in [1.29, 1.82) is 0 Å². The molecule has 1 fully saturated rings. The van der Waals surface area contributed by atoms with Crippen molar-refractivity contribution in [3.8, 4) is 0 Å². The number of aliphatic imine (C=N–C) groups is 1. The van der Waals surface area contributed by atoms with Gasteiger partial charge in [0.1, 0.15) is 0 Å². The normalized spacial score (nSPS) is 19.2. The summed E-state index contributed by atoms with van der Waals surface area (Å²) >= 11 is 0. The summed E-state index contributed by atoms with van der Waals surface area (Å²) < 4.78 is 48.4. The molecular weight excluding hydrogens is 302 g/mol. The molecule has 0 aromatic carbocycles. The first-order valence-electron chi connectivity index (χ1n) is 7.14. The average molecular weight is 326 g/mol. The van der Waals surface area contributed by atoms with Crippen LogP contribution in [0, 0.1) is 5.92 Å². The standard InChI is InChI=1S/C12H24F2N4O2S/c1-3-17(4-2)12(15)16-9-10-5-7-18(8-6-10)21(19,20)11(13)14/h10-11H,3-9H2,1-2H3,(H2,15,16). The van der Waals surface area contributed by atoms with E-state index in [0.29, 0.717) is 25.3 Å². The van der Waals surface area contributed by atoms with Gasteiger partial charge >= 0.3 is 5.76 Å². The summed E-state index contributed by atoms with van der Waals surface area (Å²) in [4.78, 5) is 6.24. The molecule has 124 valence electrons. The molecule has 0 unspecified atom stereocenters. The number of nitrogens with zero attached hydrogens (tertiary/aromatic N) is 3. The highest BCUT2D eigenvalue weighted by molar-refractivity contribution is 7.89. The van der Waals surface area contributed by atoms with Crippen molar-refractivity contribution < 1.29 is 17.2 Å². The molecule has 0 amide bonds. The summed E-state index contributed by atoms with van der Waals surface area (Å²) in [6, 6.07) is 0. The fraction of sp³-hybridized carbons (Fsp3) is 0.917. The fourth-order valence-corrected chi connectivity index (χ4v) is 3.27. The van der Waals surface area contributed by atoms with E-state index in [1.165, 1.54) is 0 Å². The third-order valence-electron chi connectivity index (χ3n) is 3.76. The molecule has 0 bridgehead atoms. The third-order valence-corrected chi connectivity index (χ3v) is 5.29. The van der Waals surface area contributed by atoms with E-state index in [4.69, 9.17) is 5.73 Å². The molecule has 1 aliphatic heterocycles. The van der Waals surface area contributed by atoms with Crippen LogP contribution in [0.15, 0.2) is 4.99 Å². The number of piperidine rings is 1. The van der Waals surface area contributed by atoms with Gasteiger partial charge in [0.2, 0.25) is 0 Å². The van der Waals surface area contributed by atoms with Gasteiger partial charge in [0, 0.05) is 32.7 Å². The number of hydrogen-bond donors (Lipinski definition) is 1. The average Bonchev–Trinajstić information content (AvgIpc) is 2.46. The van der Waals surface area contributed by atoms with Gasteiger partial charge in [-0.3, -0.25) is 4.99 Å². The molecule has 1 rings (SSSR count). The second-order valence-corrected chi connectivity index (χ2v) is 6.92. The molecule has 21 heavy (non-hydrogen) atoms. The van der Waals surface area contributed by atoms with E-state index in [2.05, 4.69) is 4.99 Å². The number of guanidine groups is 1. The van der Waals surface area contributed by atoms with Crippen LogP contribution in [0.3, 0.4) is 0 Å². The van der Waals surface area contributed by atoms with Crippen LogP contribution in [0.1, 0.15) is 26.7 Å². The van der Waals surface area contributed by atoms with Gasteiger partial charge in [0.25, 0.3) is 10.0 Å². The minimum Gasteiger partial charge on any atom is -0.370 e. The van der Waals surface area contributed by atoms with Crippen LogP contribution in [0.5, 0.6) is 0 Å². The zero-order chi connectivity index (χ0) is 16.0. The number of sulfonamides is 1. The lowest BCUT2D eigenvalue weighted by molar-refractivity contribution is 0.205. The predicted molar refractivity (Wildman–Crippen MR) is 78.6 cm³/mol. The second-order valence-electron chi connectivity index (χ2n) is 5.02. The zero-order valence-electron chi connectivity index (χ0n) is 12.5. The number of rotatable bonds is 6. The van der Waals surface area contributed by atoms with Gasteiger partial charge in [0.15, 0.2) is 5.96 Å². The van der Waals surface area contributed by atoms with E-state index in [-0.39, 0.29) is 19.0 Å². The Bertz CT molecular complexity index is 444. The summed E-state index contributed by atoms with van der Waals surface area (Å²) in [6.07, 6.45) is 1.06. The zero-order valence-corrected chi connectivity index (χ0v) is 13.3. The van der Waals surface area contributed by atoms with Crippen LogP contribution in [0.25, 0.3) is 0 Å². The highest BCUT2D eigenvalue weighted by Gasteiger charge is 2.34. The number of hydrogen-bond acceptors (Lipinski definition) is 3. The van der Waals surface area contributed by atoms with Gasteiger partial charge in [-0.1, -0.05) is 0 Å². The first-order chi connectivity index (χ1) is 9.82. The quantitative estimate of drug-likeness (QED) is 0.581. The smallest absolute Gasteiger partial charge is 0.350 e. The van der Waals surface area contributed by atoms with Crippen molar-refractivity contribution >= 4 is 16.0 Å². The van der Waals surface area contributed by atoms with Crippen molar-refractivity contribution in [3.63, 3.8) is 0 Å². The summed E-state index contributed by atoms with van der Waals surface area (Å²) in [7, 11) is -4.44. The van der Waals surface area contributed by atoms with E-state index in [1.807, 2.05) is 18.7 Å². The van der Waals surface area contributed by atoms with E-state index in [0.717, 1.165) is 17.4 Å².